The Morgan fingerprint density at radius 3 is 2.14 bits per heavy atom. The largest absolute Gasteiger partial charge is 0.480 e. The van der Waals surface area contributed by atoms with E-state index in [0.717, 1.165) is 16.7 Å². The van der Waals surface area contributed by atoms with Gasteiger partial charge in [-0.1, -0.05) is 17.7 Å². The molecule has 0 heterocycles. The maximum absolute atomic E-state index is 12.6. The lowest BCUT2D eigenvalue weighted by atomic mass is 9.94. The summed E-state index contributed by atoms with van der Waals surface area (Å²) in [4.78, 5) is 48.6. The minimum absolute atomic E-state index is 0.0149. The molecule has 0 aliphatic rings. The number of nitrogens with one attached hydrogen (secondary N) is 1. The summed E-state index contributed by atoms with van der Waals surface area (Å²) in [5, 5.41) is 11.8. The number of carbonyl (C=O) groups is 4. The highest BCUT2D eigenvalue weighted by atomic mass is 16.4. The van der Waals surface area contributed by atoms with Crippen molar-refractivity contribution in [3.8, 4) is 0 Å². The molecule has 1 unspecified atom stereocenters. The molecule has 0 aliphatic carbocycles. The van der Waals surface area contributed by atoms with Crippen molar-refractivity contribution in [2.24, 2.45) is 0 Å². The zero-order valence-corrected chi connectivity index (χ0v) is 17.3. The number of benzene rings is 1. The van der Waals surface area contributed by atoms with Crippen LogP contribution in [0.3, 0.4) is 0 Å². The van der Waals surface area contributed by atoms with Crippen molar-refractivity contribution in [1.82, 2.24) is 10.2 Å². The van der Waals surface area contributed by atoms with Crippen molar-refractivity contribution in [2.75, 3.05) is 13.1 Å². The third-order valence-electron chi connectivity index (χ3n) is 4.62. The Hall–Kier alpha value is -2.70. The van der Waals surface area contributed by atoms with E-state index < -0.39 is 12.0 Å². The summed E-state index contributed by atoms with van der Waals surface area (Å²) in [7, 11) is 0. The first kappa shape index (κ1) is 23.3. The summed E-state index contributed by atoms with van der Waals surface area (Å²) < 4.78 is 0. The van der Waals surface area contributed by atoms with Gasteiger partial charge in [0.05, 0.1) is 0 Å². The van der Waals surface area contributed by atoms with Gasteiger partial charge in [-0.15, -0.1) is 0 Å². The first-order chi connectivity index (χ1) is 13.0. The molecule has 2 amide bonds. The number of carboxylic acid groups (broad SMARTS) is 1. The molecule has 0 spiro atoms. The fraction of sp³-hybridized carbons (Fsp3) is 0.524. The molecule has 154 valence electrons. The quantitative estimate of drug-likeness (QED) is 0.597. The molecule has 7 nitrogen and oxygen atoms in total. The predicted octanol–water partition coefficient (Wildman–Crippen LogP) is 2.40. The Morgan fingerprint density at radius 2 is 1.64 bits per heavy atom. The van der Waals surface area contributed by atoms with Crippen LogP contribution >= 0.6 is 0 Å². The summed E-state index contributed by atoms with van der Waals surface area (Å²) in [6.07, 6.45) is 0.637. The van der Waals surface area contributed by atoms with Crippen LogP contribution in [0.2, 0.25) is 0 Å². The lowest BCUT2D eigenvalue weighted by molar-refractivity contribution is -0.149. The molecule has 28 heavy (non-hydrogen) atoms. The third-order valence-corrected chi connectivity index (χ3v) is 4.62. The van der Waals surface area contributed by atoms with Crippen molar-refractivity contribution in [2.45, 2.75) is 59.9 Å². The van der Waals surface area contributed by atoms with Crippen LogP contribution in [0.4, 0.5) is 0 Å². The van der Waals surface area contributed by atoms with Gasteiger partial charge in [0.1, 0.15) is 6.04 Å². The number of carbonyl (C=O) groups excluding carboxylic acids is 3. The Morgan fingerprint density at radius 1 is 1.07 bits per heavy atom. The zero-order chi connectivity index (χ0) is 21.4. The van der Waals surface area contributed by atoms with E-state index in [1.165, 1.54) is 18.7 Å². The van der Waals surface area contributed by atoms with Crippen LogP contribution < -0.4 is 5.32 Å². The van der Waals surface area contributed by atoms with Gasteiger partial charge in [-0.25, -0.2) is 4.79 Å². The first-order valence-electron chi connectivity index (χ1n) is 9.42. The van der Waals surface area contributed by atoms with E-state index in [2.05, 4.69) is 5.32 Å². The second-order valence-corrected chi connectivity index (χ2v) is 7.13. The number of hydrogen-bond donors (Lipinski definition) is 2. The molecule has 0 radical (unpaired) electrons. The molecule has 1 aromatic rings. The highest BCUT2D eigenvalue weighted by Crippen LogP contribution is 2.19. The van der Waals surface area contributed by atoms with Crippen LogP contribution in [0.1, 0.15) is 60.2 Å². The van der Waals surface area contributed by atoms with E-state index in [4.69, 9.17) is 0 Å². The molecular weight excluding hydrogens is 360 g/mol. The van der Waals surface area contributed by atoms with E-state index in [1.54, 1.807) is 0 Å². The number of amides is 2. The molecule has 1 rings (SSSR count). The fourth-order valence-electron chi connectivity index (χ4n) is 3.31. The summed E-state index contributed by atoms with van der Waals surface area (Å²) in [6.45, 7) is 8.85. The van der Waals surface area contributed by atoms with Crippen molar-refractivity contribution < 1.29 is 24.3 Å². The van der Waals surface area contributed by atoms with E-state index in [1.807, 2.05) is 32.9 Å². The Bertz CT molecular complexity index is 734. The molecule has 0 aromatic heterocycles. The van der Waals surface area contributed by atoms with Gasteiger partial charge in [0.2, 0.25) is 11.8 Å². The predicted molar refractivity (Wildman–Crippen MR) is 106 cm³/mol. The maximum Gasteiger partial charge on any atom is 0.326 e. The number of hydrogen-bond acceptors (Lipinski definition) is 4. The van der Waals surface area contributed by atoms with Gasteiger partial charge < -0.3 is 15.3 Å². The lowest BCUT2D eigenvalue weighted by Gasteiger charge is -2.26. The van der Waals surface area contributed by atoms with E-state index >= 15 is 0 Å². The van der Waals surface area contributed by atoms with Crippen molar-refractivity contribution in [1.29, 1.82) is 0 Å². The molecule has 0 bridgehead atoms. The number of aryl methyl sites for hydroxylation is 3. The first-order valence-corrected chi connectivity index (χ1v) is 9.42. The topological polar surface area (TPSA) is 104 Å². The van der Waals surface area contributed by atoms with Crippen LogP contribution in [0.5, 0.6) is 0 Å². The number of nitrogens with zero attached hydrogens (tertiary/aromatic N) is 1. The summed E-state index contributed by atoms with van der Waals surface area (Å²) in [5.41, 5.74) is 3.63. The second kappa shape index (κ2) is 10.6. The van der Waals surface area contributed by atoms with Crippen LogP contribution in [-0.2, 0) is 14.4 Å². The standard InChI is InChI=1S/C21H30N2O5/c1-13-11-14(2)20(15(3)12-13)18(25)7-6-8-19(26)23(16(4)21(27)28)10-9-22-17(5)24/h11-12,16H,6-10H2,1-5H3,(H,22,24)(H,27,28). The number of aliphatic carboxylic acids is 1. The SMILES string of the molecule is CC(=O)NCCN(C(=O)CCCC(=O)c1c(C)cc(C)cc1C)C(C)C(=O)O. The second-order valence-electron chi connectivity index (χ2n) is 7.13. The molecule has 1 aromatic carbocycles. The number of Topliss-reactive ketones (excluding diaryl/α,β-unsaturated/α-hetero) is 1. The minimum Gasteiger partial charge on any atom is -0.480 e. The van der Waals surface area contributed by atoms with Gasteiger partial charge in [-0.2, -0.15) is 0 Å². The molecule has 0 fully saturated rings. The van der Waals surface area contributed by atoms with E-state index in [-0.39, 0.29) is 43.5 Å². The molecule has 0 aliphatic heterocycles. The average Bonchev–Trinajstić information content (AvgIpc) is 2.56. The summed E-state index contributed by atoms with van der Waals surface area (Å²) in [6, 6.07) is 2.92. The van der Waals surface area contributed by atoms with Crippen molar-refractivity contribution >= 4 is 23.6 Å². The molecule has 1 atom stereocenters. The Balaban J connectivity index is 2.69. The molecule has 2 N–H and O–H groups in total. The smallest absolute Gasteiger partial charge is 0.326 e. The van der Waals surface area contributed by atoms with Gasteiger partial charge in [-0.05, 0) is 45.2 Å². The number of ketones is 1. The van der Waals surface area contributed by atoms with Crippen LogP contribution in [-0.4, -0.2) is 52.7 Å². The molecule has 0 saturated heterocycles. The van der Waals surface area contributed by atoms with Gasteiger partial charge in [0, 0.05) is 38.4 Å². The average molecular weight is 390 g/mol. The Kier molecular flexibility index (Phi) is 8.82. The Labute approximate surface area is 166 Å². The maximum atomic E-state index is 12.6. The summed E-state index contributed by atoms with van der Waals surface area (Å²) >= 11 is 0. The van der Waals surface area contributed by atoms with Gasteiger partial charge in [-0.3, -0.25) is 14.4 Å². The molecular formula is C21H30N2O5. The van der Waals surface area contributed by atoms with E-state index in [9.17, 15) is 24.3 Å². The van der Waals surface area contributed by atoms with Gasteiger partial charge in [0.25, 0.3) is 0 Å². The van der Waals surface area contributed by atoms with Gasteiger partial charge >= 0.3 is 5.97 Å². The normalized spacial score (nSPS) is 11.6. The number of carboxylic acids is 1. The molecule has 0 saturated carbocycles. The highest BCUT2D eigenvalue weighted by molar-refractivity contribution is 5.99. The number of rotatable bonds is 10. The minimum atomic E-state index is -1.11. The lowest BCUT2D eigenvalue weighted by Crippen LogP contribution is -2.46. The monoisotopic (exact) mass is 390 g/mol. The highest BCUT2D eigenvalue weighted by Gasteiger charge is 2.25. The van der Waals surface area contributed by atoms with Crippen molar-refractivity contribution in [3.63, 3.8) is 0 Å². The third kappa shape index (κ3) is 6.79. The van der Waals surface area contributed by atoms with Crippen molar-refractivity contribution in [3.05, 3.63) is 34.4 Å². The summed E-state index contributed by atoms with van der Waals surface area (Å²) in [5.74, 6) is -1.72. The molecule has 7 heteroatoms. The van der Waals surface area contributed by atoms with E-state index in [0.29, 0.717) is 12.0 Å². The van der Waals surface area contributed by atoms with Gasteiger partial charge in [0.15, 0.2) is 5.78 Å². The fourth-order valence-corrected chi connectivity index (χ4v) is 3.31. The van der Waals surface area contributed by atoms with Crippen LogP contribution in [0.15, 0.2) is 12.1 Å². The van der Waals surface area contributed by atoms with Crippen LogP contribution in [0.25, 0.3) is 0 Å². The zero-order valence-electron chi connectivity index (χ0n) is 17.3. The van der Waals surface area contributed by atoms with Crippen LogP contribution in [0, 0.1) is 20.8 Å².